The van der Waals surface area contributed by atoms with Crippen molar-refractivity contribution in [2.75, 3.05) is 11.9 Å². The summed E-state index contributed by atoms with van der Waals surface area (Å²) in [5.74, 6) is -2.56. The molecule has 2 aromatic rings. The maximum absolute atomic E-state index is 13.4. The molecule has 0 saturated carbocycles. The smallest absolute Gasteiger partial charge is 0.381 e. The van der Waals surface area contributed by atoms with Gasteiger partial charge in [0.2, 0.25) is 0 Å². The molecular formula is C19H21FN2O4. The second kappa shape index (κ2) is 7.51. The predicted molar refractivity (Wildman–Crippen MR) is 94.9 cm³/mol. The SMILES string of the molecule is CCOC(=O)C(=O)c1c(C)c(C(=O)Nc2ccc(F)c(C)c2)c(C)n1C. The van der Waals surface area contributed by atoms with Gasteiger partial charge in [0.15, 0.2) is 0 Å². The Morgan fingerprint density at radius 1 is 1.19 bits per heavy atom. The lowest BCUT2D eigenvalue weighted by atomic mass is 10.1. The first-order chi connectivity index (χ1) is 12.2. The highest BCUT2D eigenvalue weighted by Gasteiger charge is 2.29. The molecule has 26 heavy (non-hydrogen) atoms. The van der Waals surface area contributed by atoms with Crippen molar-refractivity contribution in [3.05, 3.63) is 52.1 Å². The number of aromatic nitrogens is 1. The van der Waals surface area contributed by atoms with Crippen LogP contribution in [-0.4, -0.2) is 28.8 Å². The quantitative estimate of drug-likeness (QED) is 0.505. The molecular weight excluding hydrogens is 339 g/mol. The highest BCUT2D eigenvalue weighted by atomic mass is 19.1. The van der Waals surface area contributed by atoms with Crippen molar-refractivity contribution in [3.8, 4) is 0 Å². The Morgan fingerprint density at radius 3 is 2.42 bits per heavy atom. The minimum Gasteiger partial charge on any atom is -0.460 e. The summed E-state index contributed by atoms with van der Waals surface area (Å²) in [7, 11) is 1.60. The fourth-order valence-electron chi connectivity index (χ4n) is 2.84. The molecule has 0 spiro atoms. The van der Waals surface area contributed by atoms with Gasteiger partial charge in [-0.2, -0.15) is 0 Å². The number of rotatable bonds is 5. The zero-order valence-corrected chi connectivity index (χ0v) is 15.4. The molecule has 1 amide bonds. The summed E-state index contributed by atoms with van der Waals surface area (Å²) in [6, 6.07) is 4.25. The molecule has 0 saturated heterocycles. The molecule has 1 N–H and O–H groups in total. The predicted octanol–water partition coefficient (Wildman–Crippen LogP) is 3.09. The average Bonchev–Trinajstić information content (AvgIpc) is 2.80. The fourth-order valence-corrected chi connectivity index (χ4v) is 2.84. The summed E-state index contributed by atoms with van der Waals surface area (Å²) < 4.78 is 19.6. The van der Waals surface area contributed by atoms with Crippen LogP contribution in [0.2, 0.25) is 0 Å². The van der Waals surface area contributed by atoms with Gasteiger partial charge < -0.3 is 14.6 Å². The molecule has 0 aliphatic rings. The van der Waals surface area contributed by atoms with E-state index in [1.54, 1.807) is 34.7 Å². The Labute approximate surface area is 151 Å². The number of hydrogen-bond acceptors (Lipinski definition) is 4. The van der Waals surface area contributed by atoms with Crippen molar-refractivity contribution in [1.82, 2.24) is 4.57 Å². The topological polar surface area (TPSA) is 77.4 Å². The number of aryl methyl sites for hydroxylation is 1. The summed E-state index contributed by atoms with van der Waals surface area (Å²) >= 11 is 0. The van der Waals surface area contributed by atoms with Gasteiger partial charge in [-0.15, -0.1) is 0 Å². The minimum atomic E-state index is -0.961. The number of nitrogens with zero attached hydrogens (tertiary/aromatic N) is 1. The van der Waals surface area contributed by atoms with Gasteiger partial charge in [-0.25, -0.2) is 9.18 Å². The van der Waals surface area contributed by atoms with E-state index in [1.807, 2.05) is 0 Å². The highest BCUT2D eigenvalue weighted by Crippen LogP contribution is 2.24. The number of nitrogens with one attached hydrogen (secondary N) is 1. The Morgan fingerprint density at radius 2 is 1.85 bits per heavy atom. The van der Waals surface area contributed by atoms with Crippen LogP contribution in [0, 0.1) is 26.6 Å². The van der Waals surface area contributed by atoms with Gasteiger partial charge in [-0.1, -0.05) is 0 Å². The van der Waals surface area contributed by atoms with E-state index in [4.69, 9.17) is 4.74 Å². The summed E-state index contributed by atoms with van der Waals surface area (Å²) in [5.41, 5.74) is 2.17. The van der Waals surface area contributed by atoms with Crippen molar-refractivity contribution < 1.29 is 23.5 Å². The first-order valence-electron chi connectivity index (χ1n) is 8.13. The van der Waals surface area contributed by atoms with E-state index in [9.17, 15) is 18.8 Å². The zero-order valence-electron chi connectivity index (χ0n) is 15.4. The molecule has 0 radical (unpaired) electrons. The summed E-state index contributed by atoms with van der Waals surface area (Å²) in [6.45, 7) is 6.58. The van der Waals surface area contributed by atoms with E-state index in [-0.39, 0.29) is 18.1 Å². The van der Waals surface area contributed by atoms with Crippen LogP contribution >= 0.6 is 0 Å². The molecule has 1 aromatic heterocycles. The number of benzene rings is 1. The maximum Gasteiger partial charge on any atom is 0.381 e. The number of anilines is 1. The number of ether oxygens (including phenoxy) is 1. The Kier molecular flexibility index (Phi) is 5.59. The molecule has 7 heteroatoms. The van der Waals surface area contributed by atoms with Crippen LogP contribution in [0.5, 0.6) is 0 Å². The molecule has 1 heterocycles. The van der Waals surface area contributed by atoms with Crippen LogP contribution in [0.25, 0.3) is 0 Å². The van der Waals surface area contributed by atoms with Crippen LogP contribution in [0.1, 0.15) is 44.6 Å². The Balaban J connectivity index is 2.39. The first-order valence-corrected chi connectivity index (χ1v) is 8.13. The lowest BCUT2D eigenvalue weighted by molar-refractivity contribution is -0.137. The zero-order chi connectivity index (χ0) is 19.6. The number of hydrogen-bond donors (Lipinski definition) is 1. The highest BCUT2D eigenvalue weighted by molar-refractivity contribution is 6.40. The third-order valence-corrected chi connectivity index (χ3v) is 4.25. The van der Waals surface area contributed by atoms with E-state index >= 15 is 0 Å². The molecule has 0 aliphatic heterocycles. The normalized spacial score (nSPS) is 10.5. The van der Waals surface area contributed by atoms with Crippen LogP contribution in [-0.2, 0) is 16.6 Å². The van der Waals surface area contributed by atoms with Crippen LogP contribution in [0.3, 0.4) is 0 Å². The molecule has 0 unspecified atom stereocenters. The van der Waals surface area contributed by atoms with Crippen molar-refractivity contribution in [3.63, 3.8) is 0 Å². The van der Waals surface area contributed by atoms with Crippen molar-refractivity contribution in [1.29, 1.82) is 0 Å². The molecule has 0 fully saturated rings. The van der Waals surface area contributed by atoms with Gasteiger partial charge in [0.05, 0.1) is 12.2 Å². The Bertz CT molecular complexity index is 899. The summed E-state index contributed by atoms with van der Waals surface area (Å²) in [6.07, 6.45) is 0. The third-order valence-electron chi connectivity index (χ3n) is 4.25. The molecule has 0 aliphatic carbocycles. The maximum atomic E-state index is 13.4. The third kappa shape index (κ3) is 3.51. The van der Waals surface area contributed by atoms with E-state index in [0.29, 0.717) is 28.1 Å². The van der Waals surface area contributed by atoms with E-state index in [1.165, 1.54) is 22.8 Å². The first kappa shape index (κ1) is 19.4. The lowest BCUT2D eigenvalue weighted by Crippen LogP contribution is -2.21. The van der Waals surface area contributed by atoms with Crippen molar-refractivity contribution in [2.24, 2.45) is 7.05 Å². The molecule has 6 nitrogen and oxygen atoms in total. The van der Waals surface area contributed by atoms with Gasteiger partial charge in [0.25, 0.3) is 11.7 Å². The molecule has 0 atom stereocenters. The summed E-state index contributed by atoms with van der Waals surface area (Å²) in [4.78, 5) is 36.8. The van der Waals surface area contributed by atoms with E-state index < -0.39 is 17.7 Å². The largest absolute Gasteiger partial charge is 0.460 e. The van der Waals surface area contributed by atoms with Crippen LogP contribution in [0.4, 0.5) is 10.1 Å². The van der Waals surface area contributed by atoms with E-state index in [2.05, 4.69) is 5.32 Å². The number of halogens is 1. The molecule has 1 aromatic carbocycles. The van der Waals surface area contributed by atoms with Gasteiger partial charge >= 0.3 is 5.97 Å². The fraction of sp³-hybridized carbons (Fsp3) is 0.316. The second-order valence-electron chi connectivity index (χ2n) is 5.96. The van der Waals surface area contributed by atoms with Crippen molar-refractivity contribution >= 4 is 23.3 Å². The van der Waals surface area contributed by atoms with Crippen LogP contribution < -0.4 is 5.32 Å². The van der Waals surface area contributed by atoms with Gasteiger partial charge in [-0.3, -0.25) is 9.59 Å². The van der Waals surface area contributed by atoms with E-state index in [0.717, 1.165) is 0 Å². The minimum absolute atomic E-state index is 0.0876. The number of Topliss-reactive ketones (excluding diaryl/α,β-unsaturated/α-hetero) is 1. The number of carbonyl (C=O) groups is 3. The molecule has 0 bridgehead atoms. The monoisotopic (exact) mass is 360 g/mol. The van der Waals surface area contributed by atoms with Gasteiger partial charge in [-0.05, 0) is 57.0 Å². The molecule has 2 rings (SSSR count). The van der Waals surface area contributed by atoms with Crippen LogP contribution in [0.15, 0.2) is 18.2 Å². The number of esters is 1. The Hall–Kier alpha value is -2.96. The number of ketones is 1. The number of amides is 1. The molecule has 138 valence electrons. The van der Waals surface area contributed by atoms with Crippen molar-refractivity contribution in [2.45, 2.75) is 27.7 Å². The standard InChI is InChI=1S/C19H21FN2O4/c1-6-26-19(25)17(23)16-11(3)15(12(4)22(16)5)18(24)21-13-7-8-14(20)10(2)9-13/h7-9H,6H2,1-5H3,(H,21,24). The summed E-state index contributed by atoms with van der Waals surface area (Å²) in [5, 5.41) is 2.70. The average molecular weight is 360 g/mol. The second-order valence-corrected chi connectivity index (χ2v) is 5.96. The van der Waals surface area contributed by atoms with Gasteiger partial charge in [0.1, 0.15) is 11.5 Å². The lowest BCUT2D eigenvalue weighted by Gasteiger charge is -2.07. The van der Waals surface area contributed by atoms with Gasteiger partial charge in [0, 0.05) is 18.4 Å². The number of carbonyl (C=O) groups excluding carboxylic acids is 3.